The number of carbonyl (C=O) groups excluding carboxylic acids is 1. The van der Waals surface area contributed by atoms with Crippen LogP contribution in [0.15, 0.2) is 61.2 Å². The Morgan fingerprint density at radius 3 is 2.54 bits per heavy atom. The van der Waals surface area contributed by atoms with Crippen molar-refractivity contribution in [2.24, 2.45) is 0 Å². The third kappa shape index (κ3) is 4.84. The van der Waals surface area contributed by atoms with Gasteiger partial charge >= 0.3 is 0 Å². The second-order valence-electron chi connectivity index (χ2n) is 7.28. The van der Waals surface area contributed by atoms with Crippen molar-refractivity contribution in [2.45, 2.75) is 32.4 Å². The van der Waals surface area contributed by atoms with Crippen molar-refractivity contribution in [1.82, 2.24) is 19.7 Å². The highest BCUT2D eigenvalue weighted by Crippen LogP contribution is 2.17. The zero-order valence-electron chi connectivity index (χ0n) is 15.9. The summed E-state index contributed by atoms with van der Waals surface area (Å²) in [7, 11) is 0. The van der Waals surface area contributed by atoms with E-state index in [9.17, 15) is 4.79 Å². The molecule has 2 heterocycles. The second kappa shape index (κ2) is 8.80. The number of anilines is 1. The molecule has 6 heteroatoms. The Labute approximate surface area is 165 Å². The zero-order valence-corrected chi connectivity index (χ0v) is 15.9. The Morgan fingerprint density at radius 1 is 0.964 bits per heavy atom. The number of nitrogens with zero attached hydrogens (tertiary/aromatic N) is 4. The lowest BCUT2D eigenvalue weighted by molar-refractivity contribution is 0.102. The summed E-state index contributed by atoms with van der Waals surface area (Å²) in [5.41, 5.74) is 3.79. The van der Waals surface area contributed by atoms with Gasteiger partial charge in [0, 0.05) is 17.8 Å². The van der Waals surface area contributed by atoms with Crippen LogP contribution in [-0.4, -0.2) is 38.7 Å². The second-order valence-corrected chi connectivity index (χ2v) is 7.28. The number of aromatic nitrogens is 3. The molecular weight excluding hydrogens is 350 g/mol. The molecule has 1 aliphatic heterocycles. The lowest BCUT2D eigenvalue weighted by atomic mass is 10.1. The van der Waals surface area contributed by atoms with E-state index in [0.29, 0.717) is 12.1 Å². The Kier molecular flexibility index (Phi) is 5.77. The van der Waals surface area contributed by atoms with Crippen LogP contribution in [-0.2, 0) is 13.1 Å². The van der Waals surface area contributed by atoms with Gasteiger partial charge in [-0.15, -0.1) is 0 Å². The number of likely N-dealkylation sites (tertiary alicyclic amines) is 1. The van der Waals surface area contributed by atoms with E-state index in [4.69, 9.17) is 0 Å². The first-order valence-electron chi connectivity index (χ1n) is 9.80. The molecule has 4 rings (SSSR count). The van der Waals surface area contributed by atoms with Gasteiger partial charge in [0.1, 0.15) is 12.7 Å². The summed E-state index contributed by atoms with van der Waals surface area (Å²) in [5.74, 6) is -0.0950. The van der Waals surface area contributed by atoms with Crippen LogP contribution in [0.2, 0.25) is 0 Å². The maximum Gasteiger partial charge on any atom is 0.255 e. The lowest BCUT2D eigenvalue weighted by Gasteiger charge is -2.26. The summed E-state index contributed by atoms with van der Waals surface area (Å²) in [6, 6.07) is 15.7. The molecule has 6 nitrogen and oxygen atoms in total. The van der Waals surface area contributed by atoms with Crippen LogP contribution in [0.4, 0.5) is 5.69 Å². The predicted octanol–water partition coefficient (Wildman–Crippen LogP) is 3.56. The fraction of sp³-hybridized carbons (Fsp3) is 0.318. The monoisotopic (exact) mass is 375 g/mol. The van der Waals surface area contributed by atoms with Crippen LogP contribution < -0.4 is 5.32 Å². The highest BCUT2D eigenvalue weighted by molar-refractivity contribution is 6.04. The van der Waals surface area contributed by atoms with Gasteiger partial charge in [-0.1, -0.05) is 30.7 Å². The molecule has 1 aromatic heterocycles. The zero-order chi connectivity index (χ0) is 19.2. The normalized spacial score (nSPS) is 14.7. The van der Waals surface area contributed by atoms with Gasteiger partial charge in [-0.05, 0) is 61.3 Å². The molecule has 1 N–H and O–H groups in total. The van der Waals surface area contributed by atoms with Gasteiger partial charge in [0.2, 0.25) is 0 Å². The highest BCUT2D eigenvalue weighted by Gasteiger charge is 2.11. The first kappa shape index (κ1) is 18.4. The Morgan fingerprint density at radius 2 is 1.79 bits per heavy atom. The van der Waals surface area contributed by atoms with Crippen LogP contribution in [0.25, 0.3) is 0 Å². The van der Waals surface area contributed by atoms with E-state index in [2.05, 4.69) is 32.4 Å². The number of hydrogen-bond donors (Lipinski definition) is 1. The minimum atomic E-state index is -0.0950. The maximum absolute atomic E-state index is 12.6. The molecule has 28 heavy (non-hydrogen) atoms. The van der Waals surface area contributed by atoms with E-state index < -0.39 is 0 Å². The van der Waals surface area contributed by atoms with Crippen molar-refractivity contribution in [3.63, 3.8) is 0 Å². The number of benzene rings is 2. The molecule has 0 atom stereocenters. The molecule has 1 saturated heterocycles. The van der Waals surface area contributed by atoms with Gasteiger partial charge in [0.25, 0.3) is 5.91 Å². The quantitative estimate of drug-likeness (QED) is 0.715. The summed E-state index contributed by atoms with van der Waals surface area (Å²) >= 11 is 0. The fourth-order valence-corrected chi connectivity index (χ4v) is 3.59. The Bertz CT molecular complexity index is 899. The number of piperidine rings is 1. The maximum atomic E-state index is 12.6. The summed E-state index contributed by atoms with van der Waals surface area (Å²) in [6.45, 7) is 3.91. The number of amides is 1. The van der Waals surface area contributed by atoms with Crippen LogP contribution in [0.1, 0.15) is 40.7 Å². The Hall–Kier alpha value is -2.99. The average molecular weight is 375 g/mol. The third-order valence-corrected chi connectivity index (χ3v) is 5.07. The van der Waals surface area contributed by atoms with Crippen LogP contribution in [0.3, 0.4) is 0 Å². The van der Waals surface area contributed by atoms with E-state index in [1.165, 1.54) is 31.2 Å². The molecule has 0 spiro atoms. The minimum Gasteiger partial charge on any atom is -0.322 e. The number of hydrogen-bond acceptors (Lipinski definition) is 4. The first-order valence-corrected chi connectivity index (χ1v) is 9.80. The molecule has 144 valence electrons. The van der Waals surface area contributed by atoms with E-state index in [0.717, 1.165) is 30.9 Å². The van der Waals surface area contributed by atoms with Crippen LogP contribution in [0.5, 0.6) is 0 Å². The van der Waals surface area contributed by atoms with Gasteiger partial charge in [0.05, 0.1) is 6.54 Å². The molecule has 0 radical (unpaired) electrons. The molecule has 1 fully saturated rings. The van der Waals surface area contributed by atoms with Gasteiger partial charge in [-0.25, -0.2) is 9.67 Å². The molecule has 0 bridgehead atoms. The van der Waals surface area contributed by atoms with Crippen molar-refractivity contribution >= 4 is 11.6 Å². The smallest absolute Gasteiger partial charge is 0.255 e. The molecule has 1 amide bonds. The SMILES string of the molecule is O=C(Nc1cccc(CN2CCCCC2)c1)c1ccc(Cn2cncn2)cc1. The number of rotatable bonds is 6. The minimum absolute atomic E-state index is 0.0950. The molecule has 0 unspecified atom stereocenters. The third-order valence-electron chi connectivity index (χ3n) is 5.07. The number of carbonyl (C=O) groups is 1. The van der Waals surface area contributed by atoms with Crippen LogP contribution in [0, 0.1) is 0 Å². The van der Waals surface area contributed by atoms with Gasteiger partial charge in [-0.2, -0.15) is 5.10 Å². The van der Waals surface area contributed by atoms with Crippen LogP contribution >= 0.6 is 0 Å². The topological polar surface area (TPSA) is 63.1 Å². The highest BCUT2D eigenvalue weighted by atomic mass is 16.1. The van der Waals surface area contributed by atoms with Crippen molar-refractivity contribution in [2.75, 3.05) is 18.4 Å². The number of nitrogens with one attached hydrogen (secondary N) is 1. The van der Waals surface area contributed by atoms with Gasteiger partial charge in [-0.3, -0.25) is 9.69 Å². The summed E-state index contributed by atoms with van der Waals surface area (Å²) in [6.07, 6.45) is 7.09. The predicted molar refractivity (Wildman–Crippen MR) is 109 cm³/mol. The summed E-state index contributed by atoms with van der Waals surface area (Å²) < 4.78 is 1.75. The van der Waals surface area contributed by atoms with Crippen molar-refractivity contribution in [1.29, 1.82) is 0 Å². The van der Waals surface area contributed by atoms with Gasteiger partial charge < -0.3 is 5.32 Å². The van der Waals surface area contributed by atoms with Crippen molar-refractivity contribution in [3.05, 3.63) is 77.9 Å². The lowest BCUT2D eigenvalue weighted by Crippen LogP contribution is -2.29. The van der Waals surface area contributed by atoms with Gasteiger partial charge in [0.15, 0.2) is 0 Å². The molecule has 3 aromatic rings. The van der Waals surface area contributed by atoms with E-state index in [-0.39, 0.29) is 5.91 Å². The largest absolute Gasteiger partial charge is 0.322 e. The summed E-state index contributed by atoms with van der Waals surface area (Å²) in [4.78, 5) is 19.0. The Balaban J connectivity index is 1.37. The first-order chi connectivity index (χ1) is 13.8. The molecule has 2 aromatic carbocycles. The van der Waals surface area contributed by atoms with E-state index in [1.807, 2.05) is 36.4 Å². The summed E-state index contributed by atoms with van der Waals surface area (Å²) in [5, 5.41) is 7.11. The molecule has 0 saturated carbocycles. The molecular formula is C22H25N5O. The fourth-order valence-electron chi connectivity index (χ4n) is 3.59. The van der Waals surface area contributed by atoms with Crippen molar-refractivity contribution in [3.8, 4) is 0 Å². The van der Waals surface area contributed by atoms with Crippen molar-refractivity contribution < 1.29 is 4.79 Å². The van der Waals surface area contributed by atoms with E-state index >= 15 is 0 Å². The average Bonchev–Trinajstić information content (AvgIpc) is 3.23. The standard InChI is InChI=1S/C22H25N5O/c28-22(20-9-7-18(8-10-20)15-27-17-23-16-24-27)25-21-6-4-5-19(13-21)14-26-11-2-1-3-12-26/h4-10,13,16-17H,1-3,11-12,14-15H2,(H,25,28). The molecule has 0 aliphatic carbocycles. The molecule has 1 aliphatic rings. The van der Waals surface area contributed by atoms with E-state index in [1.54, 1.807) is 11.0 Å².